The highest BCUT2D eigenvalue weighted by Crippen LogP contribution is 2.44. The Kier molecular flexibility index (Phi) is 5.42. The van der Waals surface area contributed by atoms with Gasteiger partial charge in [0, 0.05) is 0 Å². The van der Waals surface area contributed by atoms with E-state index in [1.807, 2.05) is 91.0 Å². The molecule has 0 unspecified atom stereocenters. The summed E-state index contributed by atoms with van der Waals surface area (Å²) in [6, 6.07) is 29.5. The number of hydrogen-bond acceptors (Lipinski definition) is 3. The molecule has 1 aromatic heterocycles. The van der Waals surface area contributed by atoms with Gasteiger partial charge in [-0.25, -0.2) is 4.68 Å². The number of halogens is 3. The molecule has 158 valence electrons. The van der Waals surface area contributed by atoms with Crippen LogP contribution >= 0.6 is 0 Å². The highest BCUT2D eigenvalue weighted by molar-refractivity contribution is 5.51. The lowest BCUT2D eigenvalue weighted by Gasteiger charge is -2.36. The predicted octanol–water partition coefficient (Wildman–Crippen LogP) is 5.63. The zero-order chi connectivity index (χ0) is 21.9. The summed E-state index contributed by atoms with van der Waals surface area (Å²) in [7, 11) is 1.39. The van der Waals surface area contributed by atoms with E-state index >= 15 is 0 Å². The molecule has 0 aliphatic heterocycles. The summed E-state index contributed by atoms with van der Waals surface area (Å²) >= 11 is 0. The van der Waals surface area contributed by atoms with Crippen molar-refractivity contribution in [2.75, 3.05) is 7.11 Å². The van der Waals surface area contributed by atoms with Gasteiger partial charge in [0.05, 0.1) is 13.2 Å². The highest BCUT2D eigenvalue weighted by Gasteiger charge is 2.42. The minimum Gasteiger partial charge on any atom is -0.481 e. The minimum atomic E-state index is -4.88. The fourth-order valence-corrected chi connectivity index (χ4v) is 3.80. The van der Waals surface area contributed by atoms with E-state index in [0.29, 0.717) is 0 Å². The number of alkyl halides is 3. The van der Waals surface area contributed by atoms with Crippen LogP contribution in [0.4, 0.5) is 13.2 Å². The number of aromatic nitrogens is 2. The van der Waals surface area contributed by atoms with Crippen molar-refractivity contribution in [2.45, 2.75) is 11.9 Å². The van der Waals surface area contributed by atoms with Crippen LogP contribution in [0.15, 0.2) is 97.1 Å². The highest BCUT2D eigenvalue weighted by atomic mass is 19.4. The second-order valence-corrected chi connectivity index (χ2v) is 6.79. The van der Waals surface area contributed by atoms with Gasteiger partial charge >= 0.3 is 6.36 Å². The number of methoxy groups -OCH3 is 1. The molecule has 0 aliphatic rings. The maximum Gasteiger partial charge on any atom is 0.574 e. The molecule has 0 bridgehead atoms. The summed E-state index contributed by atoms with van der Waals surface area (Å²) in [5.74, 6) is -0.479. The Labute approximate surface area is 177 Å². The molecule has 4 rings (SSSR count). The van der Waals surface area contributed by atoms with Crippen molar-refractivity contribution < 1.29 is 22.6 Å². The first kappa shape index (κ1) is 20.5. The Bertz CT molecular complexity index is 1030. The van der Waals surface area contributed by atoms with Crippen molar-refractivity contribution in [3.05, 3.63) is 114 Å². The average Bonchev–Trinajstić information content (AvgIpc) is 3.18. The SMILES string of the molecule is COc1cc(OC(F)(F)F)nn1C(c1ccccc1)(c1ccccc1)c1ccccc1. The molecule has 3 aromatic carbocycles. The van der Waals surface area contributed by atoms with Gasteiger partial charge < -0.3 is 9.47 Å². The van der Waals surface area contributed by atoms with Crippen LogP contribution in [0.2, 0.25) is 0 Å². The number of benzene rings is 3. The molecule has 0 N–H and O–H groups in total. The molecule has 4 nitrogen and oxygen atoms in total. The molecule has 1 heterocycles. The number of hydrogen-bond donors (Lipinski definition) is 0. The molecule has 7 heteroatoms. The van der Waals surface area contributed by atoms with Crippen LogP contribution in [-0.4, -0.2) is 23.3 Å². The molecule has 0 amide bonds. The lowest BCUT2D eigenvalue weighted by Crippen LogP contribution is -2.39. The third kappa shape index (κ3) is 3.86. The van der Waals surface area contributed by atoms with E-state index in [0.717, 1.165) is 22.8 Å². The largest absolute Gasteiger partial charge is 0.574 e. The van der Waals surface area contributed by atoms with E-state index in [9.17, 15) is 13.2 Å². The molecule has 0 saturated heterocycles. The standard InChI is InChI=1S/C24H19F3N2O2/c1-30-22-17-21(31-24(25,26)27)28-29(22)23(18-11-5-2-6-12-18,19-13-7-3-8-14-19)20-15-9-4-10-16-20/h2-17H,1H3. The molecular weight excluding hydrogens is 405 g/mol. The first-order chi connectivity index (χ1) is 14.9. The second-order valence-electron chi connectivity index (χ2n) is 6.79. The van der Waals surface area contributed by atoms with Crippen LogP contribution in [0.1, 0.15) is 16.7 Å². The third-order valence-corrected chi connectivity index (χ3v) is 4.98. The molecule has 0 fully saturated rings. The number of nitrogens with zero attached hydrogens (tertiary/aromatic N) is 2. The van der Waals surface area contributed by atoms with Crippen LogP contribution in [0.5, 0.6) is 11.8 Å². The third-order valence-electron chi connectivity index (χ3n) is 4.98. The normalized spacial score (nSPS) is 11.9. The summed E-state index contributed by atoms with van der Waals surface area (Å²) in [6.07, 6.45) is -4.88. The Morgan fingerprint density at radius 1 is 0.710 bits per heavy atom. The van der Waals surface area contributed by atoms with Gasteiger partial charge in [-0.05, 0) is 16.7 Å². The fourth-order valence-electron chi connectivity index (χ4n) is 3.80. The Morgan fingerprint density at radius 2 is 1.13 bits per heavy atom. The van der Waals surface area contributed by atoms with E-state index in [2.05, 4.69) is 9.84 Å². The maximum atomic E-state index is 12.9. The quantitative estimate of drug-likeness (QED) is 0.377. The van der Waals surface area contributed by atoms with Gasteiger partial charge in [-0.1, -0.05) is 91.0 Å². The summed E-state index contributed by atoms with van der Waals surface area (Å²) < 4.78 is 49.8. The molecule has 0 atom stereocenters. The monoisotopic (exact) mass is 424 g/mol. The first-order valence-corrected chi connectivity index (χ1v) is 9.52. The van der Waals surface area contributed by atoms with Gasteiger partial charge in [0.2, 0.25) is 11.8 Å². The van der Waals surface area contributed by atoms with Crippen molar-refractivity contribution in [1.82, 2.24) is 9.78 Å². The molecule has 4 aromatic rings. The van der Waals surface area contributed by atoms with E-state index in [4.69, 9.17) is 4.74 Å². The van der Waals surface area contributed by atoms with Gasteiger partial charge in [0.15, 0.2) is 0 Å². The van der Waals surface area contributed by atoms with E-state index in [-0.39, 0.29) is 5.88 Å². The first-order valence-electron chi connectivity index (χ1n) is 9.52. The van der Waals surface area contributed by atoms with Crippen molar-refractivity contribution in [2.24, 2.45) is 0 Å². The molecule has 0 spiro atoms. The Balaban J connectivity index is 2.09. The topological polar surface area (TPSA) is 36.3 Å². The van der Waals surface area contributed by atoms with Crippen molar-refractivity contribution in [3.63, 3.8) is 0 Å². The summed E-state index contributed by atoms with van der Waals surface area (Å²) in [4.78, 5) is 0. The zero-order valence-electron chi connectivity index (χ0n) is 16.6. The molecular formula is C24H19F3N2O2. The van der Waals surface area contributed by atoms with Crippen LogP contribution < -0.4 is 9.47 Å². The van der Waals surface area contributed by atoms with Crippen LogP contribution in [0.3, 0.4) is 0 Å². The Morgan fingerprint density at radius 3 is 1.48 bits per heavy atom. The van der Waals surface area contributed by atoms with E-state index in [1.54, 1.807) is 0 Å². The van der Waals surface area contributed by atoms with Crippen molar-refractivity contribution in [1.29, 1.82) is 0 Å². The van der Waals surface area contributed by atoms with Gasteiger partial charge in [-0.3, -0.25) is 0 Å². The summed E-state index contributed by atoms with van der Waals surface area (Å²) in [6.45, 7) is 0. The van der Waals surface area contributed by atoms with E-state index < -0.39 is 17.8 Å². The molecule has 31 heavy (non-hydrogen) atoms. The Hall–Kier alpha value is -3.74. The van der Waals surface area contributed by atoms with Crippen LogP contribution in [-0.2, 0) is 5.54 Å². The molecule has 0 aliphatic carbocycles. The van der Waals surface area contributed by atoms with Crippen LogP contribution in [0, 0.1) is 0 Å². The lowest BCUT2D eigenvalue weighted by atomic mass is 9.77. The zero-order valence-corrected chi connectivity index (χ0v) is 16.6. The predicted molar refractivity (Wildman–Crippen MR) is 110 cm³/mol. The number of ether oxygens (including phenoxy) is 2. The average molecular weight is 424 g/mol. The van der Waals surface area contributed by atoms with Crippen molar-refractivity contribution in [3.8, 4) is 11.8 Å². The minimum absolute atomic E-state index is 0.121. The maximum absolute atomic E-state index is 12.9. The van der Waals surface area contributed by atoms with Gasteiger partial charge in [0.25, 0.3) is 0 Å². The van der Waals surface area contributed by atoms with Gasteiger partial charge in [-0.15, -0.1) is 18.3 Å². The number of rotatable bonds is 6. The van der Waals surface area contributed by atoms with Gasteiger partial charge in [0.1, 0.15) is 5.54 Å². The fraction of sp³-hybridized carbons (Fsp3) is 0.125. The van der Waals surface area contributed by atoms with Crippen LogP contribution in [0.25, 0.3) is 0 Å². The van der Waals surface area contributed by atoms with E-state index in [1.165, 1.54) is 11.8 Å². The lowest BCUT2D eigenvalue weighted by molar-refractivity contribution is -0.276. The molecule has 0 saturated carbocycles. The second kappa shape index (κ2) is 8.18. The van der Waals surface area contributed by atoms with Gasteiger partial charge in [-0.2, -0.15) is 0 Å². The summed E-state index contributed by atoms with van der Waals surface area (Å²) in [5.41, 5.74) is 1.29. The molecule has 0 radical (unpaired) electrons. The van der Waals surface area contributed by atoms with Crippen molar-refractivity contribution >= 4 is 0 Å². The smallest absolute Gasteiger partial charge is 0.481 e. The summed E-state index contributed by atoms with van der Waals surface area (Å²) in [5, 5.41) is 4.22.